The highest BCUT2D eigenvalue weighted by atomic mass is 127. The standard InChI is InChI=1S/C15H23IO/c1-2-3-4-5-6-7-8-13-17-15-11-9-14(16)10-12-15/h9-12H,2-8,13H2,1H3. The summed E-state index contributed by atoms with van der Waals surface area (Å²) in [6.07, 6.45) is 9.34. The van der Waals surface area contributed by atoms with Gasteiger partial charge in [-0.25, -0.2) is 0 Å². The van der Waals surface area contributed by atoms with Crippen LogP contribution in [0.4, 0.5) is 0 Å². The van der Waals surface area contributed by atoms with Gasteiger partial charge in [-0.2, -0.15) is 0 Å². The molecule has 0 N–H and O–H groups in total. The first-order valence-corrected chi connectivity index (χ1v) is 7.79. The van der Waals surface area contributed by atoms with Crippen molar-refractivity contribution in [2.45, 2.75) is 51.9 Å². The van der Waals surface area contributed by atoms with Crippen molar-refractivity contribution in [1.29, 1.82) is 0 Å². The van der Waals surface area contributed by atoms with Crippen LogP contribution in [0.1, 0.15) is 51.9 Å². The molecule has 2 heteroatoms. The lowest BCUT2D eigenvalue weighted by molar-refractivity contribution is 0.304. The Morgan fingerprint density at radius 1 is 0.882 bits per heavy atom. The third-order valence-corrected chi connectivity index (χ3v) is 3.55. The van der Waals surface area contributed by atoms with Crippen LogP contribution in [0, 0.1) is 3.57 Å². The maximum Gasteiger partial charge on any atom is 0.119 e. The molecule has 1 rings (SSSR count). The summed E-state index contributed by atoms with van der Waals surface area (Å²) in [7, 11) is 0. The Morgan fingerprint density at radius 3 is 2.12 bits per heavy atom. The van der Waals surface area contributed by atoms with Gasteiger partial charge >= 0.3 is 0 Å². The van der Waals surface area contributed by atoms with Gasteiger partial charge < -0.3 is 4.74 Å². The van der Waals surface area contributed by atoms with E-state index in [-0.39, 0.29) is 0 Å². The molecule has 0 aromatic heterocycles. The Kier molecular flexibility index (Phi) is 8.49. The van der Waals surface area contributed by atoms with Crippen LogP contribution < -0.4 is 4.74 Å². The van der Waals surface area contributed by atoms with Gasteiger partial charge in [0.05, 0.1) is 6.61 Å². The lowest BCUT2D eigenvalue weighted by Crippen LogP contribution is -1.97. The number of rotatable bonds is 9. The highest BCUT2D eigenvalue weighted by Crippen LogP contribution is 2.14. The van der Waals surface area contributed by atoms with Crippen LogP contribution in [-0.4, -0.2) is 6.61 Å². The molecule has 96 valence electrons. The first kappa shape index (κ1) is 14.8. The molecule has 0 heterocycles. The molecule has 0 aliphatic carbocycles. The highest BCUT2D eigenvalue weighted by Gasteiger charge is 1.94. The summed E-state index contributed by atoms with van der Waals surface area (Å²) in [5, 5.41) is 0. The SMILES string of the molecule is CCCCCCCCCOc1ccc(I)cc1. The first-order valence-electron chi connectivity index (χ1n) is 6.71. The molecule has 1 aromatic carbocycles. The summed E-state index contributed by atoms with van der Waals surface area (Å²) in [5.74, 6) is 0.997. The number of hydrogen-bond donors (Lipinski definition) is 0. The summed E-state index contributed by atoms with van der Waals surface area (Å²) < 4.78 is 6.94. The number of unbranched alkanes of at least 4 members (excludes halogenated alkanes) is 6. The number of hydrogen-bond acceptors (Lipinski definition) is 1. The minimum Gasteiger partial charge on any atom is -0.494 e. The fraction of sp³-hybridized carbons (Fsp3) is 0.600. The molecule has 17 heavy (non-hydrogen) atoms. The van der Waals surface area contributed by atoms with Gasteiger partial charge in [-0.05, 0) is 53.3 Å². The Bertz CT molecular complexity index is 281. The van der Waals surface area contributed by atoms with E-state index in [0.717, 1.165) is 12.4 Å². The second kappa shape index (κ2) is 9.75. The first-order chi connectivity index (χ1) is 8.33. The zero-order chi connectivity index (χ0) is 12.3. The van der Waals surface area contributed by atoms with Gasteiger partial charge in [0.25, 0.3) is 0 Å². The van der Waals surface area contributed by atoms with E-state index < -0.39 is 0 Å². The maximum atomic E-state index is 5.69. The van der Waals surface area contributed by atoms with Gasteiger partial charge in [0.1, 0.15) is 5.75 Å². The van der Waals surface area contributed by atoms with Crippen LogP contribution in [0.15, 0.2) is 24.3 Å². The molecule has 0 unspecified atom stereocenters. The van der Waals surface area contributed by atoms with Crippen molar-refractivity contribution in [1.82, 2.24) is 0 Å². The smallest absolute Gasteiger partial charge is 0.119 e. The van der Waals surface area contributed by atoms with E-state index in [9.17, 15) is 0 Å². The van der Waals surface area contributed by atoms with Crippen LogP contribution in [0.2, 0.25) is 0 Å². The quantitative estimate of drug-likeness (QED) is 0.428. The van der Waals surface area contributed by atoms with Crippen LogP contribution in [0.25, 0.3) is 0 Å². The fourth-order valence-corrected chi connectivity index (χ4v) is 2.14. The molecule has 0 atom stereocenters. The predicted molar refractivity (Wildman–Crippen MR) is 82.6 cm³/mol. The van der Waals surface area contributed by atoms with E-state index in [4.69, 9.17) is 4.74 Å². The molecule has 0 spiro atoms. The second-order valence-corrected chi connectivity index (χ2v) is 5.67. The van der Waals surface area contributed by atoms with Crippen molar-refractivity contribution >= 4 is 22.6 Å². The van der Waals surface area contributed by atoms with E-state index in [1.54, 1.807) is 0 Å². The van der Waals surface area contributed by atoms with Crippen molar-refractivity contribution in [2.75, 3.05) is 6.61 Å². The lowest BCUT2D eigenvalue weighted by Gasteiger charge is -2.06. The molecule has 0 saturated carbocycles. The van der Waals surface area contributed by atoms with E-state index >= 15 is 0 Å². The van der Waals surface area contributed by atoms with Crippen LogP contribution in [-0.2, 0) is 0 Å². The average molecular weight is 346 g/mol. The van der Waals surface area contributed by atoms with Crippen molar-refractivity contribution < 1.29 is 4.74 Å². The molecule has 0 amide bonds. The summed E-state index contributed by atoms with van der Waals surface area (Å²) >= 11 is 2.31. The predicted octanol–water partition coefficient (Wildman–Crippen LogP) is 5.42. The number of halogens is 1. The van der Waals surface area contributed by atoms with Gasteiger partial charge in [0.2, 0.25) is 0 Å². The third-order valence-electron chi connectivity index (χ3n) is 2.83. The third kappa shape index (κ3) is 7.63. The molecule has 0 saturated heterocycles. The fourth-order valence-electron chi connectivity index (χ4n) is 1.78. The Labute approximate surface area is 119 Å². The van der Waals surface area contributed by atoms with E-state index in [1.807, 2.05) is 12.1 Å². The Morgan fingerprint density at radius 2 is 1.47 bits per heavy atom. The molecular weight excluding hydrogens is 323 g/mol. The molecule has 1 nitrogen and oxygen atoms in total. The second-order valence-electron chi connectivity index (χ2n) is 4.42. The maximum absolute atomic E-state index is 5.69. The van der Waals surface area contributed by atoms with Gasteiger partial charge in [-0.3, -0.25) is 0 Å². The molecule has 0 fully saturated rings. The highest BCUT2D eigenvalue weighted by molar-refractivity contribution is 14.1. The van der Waals surface area contributed by atoms with Crippen LogP contribution >= 0.6 is 22.6 Å². The Balaban J connectivity index is 1.95. The van der Waals surface area contributed by atoms with Gasteiger partial charge in [-0.15, -0.1) is 0 Å². The number of benzene rings is 1. The largest absolute Gasteiger partial charge is 0.494 e. The average Bonchev–Trinajstić information content (AvgIpc) is 2.35. The zero-order valence-electron chi connectivity index (χ0n) is 10.8. The van der Waals surface area contributed by atoms with Crippen LogP contribution in [0.3, 0.4) is 0 Å². The van der Waals surface area contributed by atoms with Gasteiger partial charge in [0, 0.05) is 3.57 Å². The van der Waals surface area contributed by atoms with Crippen molar-refractivity contribution in [2.24, 2.45) is 0 Å². The van der Waals surface area contributed by atoms with E-state index in [1.165, 1.54) is 48.5 Å². The normalized spacial score (nSPS) is 10.5. The van der Waals surface area contributed by atoms with Crippen molar-refractivity contribution in [3.8, 4) is 5.75 Å². The molecule has 0 aliphatic rings. The minimum absolute atomic E-state index is 0.856. The van der Waals surface area contributed by atoms with E-state index in [2.05, 4.69) is 41.6 Å². The van der Waals surface area contributed by atoms with Gasteiger partial charge in [-0.1, -0.05) is 45.4 Å². The molecule has 0 radical (unpaired) electrons. The van der Waals surface area contributed by atoms with Crippen molar-refractivity contribution in [3.05, 3.63) is 27.8 Å². The number of ether oxygens (including phenoxy) is 1. The zero-order valence-corrected chi connectivity index (χ0v) is 12.9. The van der Waals surface area contributed by atoms with Gasteiger partial charge in [0.15, 0.2) is 0 Å². The molecular formula is C15H23IO. The Hall–Kier alpha value is -0.250. The summed E-state index contributed by atoms with van der Waals surface area (Å²) in [6.45, 7) is 3.11. The minimum atomic E-state index is 0.856. The van der Waals surface area contributed by atoms with Crippen LogP contribution in [0.5, 0.6) is 5.75 Å². The lowest BCUT2D eigenvalue weighted by atomic mass is 10.1. The summed E-state index contributed by atoms with van der Waals surface area (Å²) in [5.41, 5.74) is 0. The van der Waals surface area contributed by atoms with E-state index in [0.29, 0.717) is 0 Å². The molecule has 1 aromatic rings. The summed E-state index contributed by atoms with van der Waals surface area (Å²) in [6, 6.07) is 8.26. The topological polar surface area (TPSA) is 9.23 Å². The van der Waals surface area contributed by atoms with Crippen molar-refractivity contribution in [3.63, 3.8) is 0 Å². The molecule has 0 aliphatic heterocycles. The molecule has 0 bridgehead atoms. The summed E-state index contributed by atoms with van der Waals surface area (Å²) in [4.78, 5) is 0. The monoisotopic (exact) mass is 346 g/mol.